The predicted molar refractivity (Wildman–Crippen MR) is 74.9 cm³/mol. The van der Waals surface area contributed by atoms with E-state index in [0.29, 0.717) is 0 Å². The van der Waals surface area contributed by atoms with Crippen molar-refractivity contribution in [3.8, 4) is 0 Å². The third-order valence-electron chi connectivity index (χ3n) is 2.67. The van der Waals surface area contributed by atoms with Crippen LogP contribution in [0.3, 0.4) is 0 Å². The van der Waals surface area contributed by atoms with Gasteiger partial charge in [0.2, 0.25) is 11.3 Å². The number of nitrogen functional groups attached to an aromatic ring is 1. The number of pyridine rings is 1. The van der Waals surface area contributed by atoms with Gasteiger partial charge in [-0.15, -0.1) is 0 Å². The van der Waals surface area contributed by atoms with Gasteiger partial charge >= 0.3 is 0 Å². The summed E-state index contributed by atoms with van der Waals surface area (Å²) < 4.78 is 1.57. The minimum Gasteiger partial charge on any atom is -0.394 e. The van der Waals surface area contributed by atoms with Crippen LogP contribution in [0.2, 0.25) is 0 Å². The summed E-state index contributed by atoms with van der Waals surface area (Å²) in [5.41, 5.74) is 7.26. The van der Waals surface area contributed by atoms with Gasteiger partial charge < -0.3 is 15.6 Å². The number of aromatic nitrogens is 1. The molecule has 98 valence electrons. The van der Waals surface area contributed by atoms with Crippen molar-refractivity contribution >= 4 is 17.3 Å². The van der Waals surface area contributed by atoms with Crippen LogP contribution < -0.4 is 16.5 Å². The Bertz CT molecular complexity index is 644. The zero-order valence-electron chi connectivity index (χ0n) is 10.6. The van der Waals surface area contributed by atoms with Gasteiger partial charge in [0.05, 0.1) is 5.69 Å². The van der Waals surface area contributed by atoms with E-state index >= 15 is 0 Å². The van der Waals surface area contributed by atoms with Crippen LogP contribution in [-0.2, 0) is 11.3 Å². The molecule has 0 bridgehead atoms. The molecule has 5 heteroatoms. The van der Waals surface area contributed by atoms with Gasteiger partial charge in [0.15, 0.2) is 0 Å². The number of carbonyl (C=O) groups excluding carboxylic acids is 1. The van der Waals surface area contributed by atoms with Crippen molar-refractivity contribution in [1.29, 1.82) is 0 Å². The van der Waals surface area contributed by atoms with Crippen LogP contribution in [0.25, 0.3) is 0 Å². The Morgan fingerprint density at radius 2 is 1.95 bits per heavy atom. The third kappa shape index (κ3) is 3.45. The summed E-state index contributed by atoms with van der Waals surface area (Å²) in [7, 11) is 0. The van der Waals surface area contributed by atoms with Gasteiger partial charge in [-0.25, -0.2) is 0 Å². The lowest BCUT2D eigenvalue weighted by Gasteiger charge is -2.08. The maximum absolute atomic E-state index is 11.8. The van der Waals surface area contributed by atoms with E-state index in [1.807, 2.05) is 31.2 Å². The number of nitrogens with two attached hydrogens (primary N) is 1. The maximum Gasteiger partial charge on any atom is 0.244 e. The van der Waals surface area contributed by atoms with E-state index in [4.69, 9.17) is 5.73 Å². The molecule has 5 nitrogen and oxygen atoms in total. The molecule has 0 aliphatic carbocycles. The maximum atomic E-state index is 11.8. The molecule has 2 aromatic rings. The molecule has 0 saturated heterocycles. The zero-order valence-corrected chi connectivity index (χ0v) is 10.6. The Labute approximate surface area is 110 Å². The first kappa shape index (κ1) is 12.9. The molecular weight excluding hydrogens is 242 g/mol. The molecule has 2 rings (SSSR count). The van der Waals surface area contributed by atoms with Crippen LogP contribution in [0.4, 0.5) is 11.4 Å². The van der Waals surface area contributed by atoms with Crippen molar-refractivity contribution in [2.75, 3.05) is 11.1 Å². The van der Waals surface area contributed by atoms with Gasteiger partial charge in [0.1, 0.15) is 6.54 Å². The number of hydrogen-bond acceptors (Lipinski definition) is 3. The van der Waals surface area contributed by atoms with Crippen LogP contribution in [0.5, 0.6) is 0 Å². The molecule has 0 saturated carbocycles. The lowest BCUT2D eigenvalue weighted by Crippen LogP contribution is -2.20. The highest BCUT2D eigenvalue weighted by molar-refractivity contribution is 5.90. The average Bonchev–Trinajstić information content (AvgIpc) is 2.37. The summed E-state index contributed by atoms with van der Waals surface area (Å²) in [6.07, 6.45) is 2.99. The summed E-state index contributed by atoms with van der Waals surface area (Å²) in [4.78, 5) is 23.0. The second kappa shape index (κ2) is 5.39. The van der Waals surface area contributed by atoms with E-state index < -0.39 is 0 Å². The van der Waals surface area contributed by atoms with Crippen LogP contribution in [0.15, 0.2) is 47.5 Å². The van der Waals surface area contributed by atoms with Crippen molar-refractivity contribution in [3.63, 3.8) is 0 Å². The monoisotopic (exact) mass is 257 g/mol. The van der Waals surface area contributed by atoms with Crippen LogP contribution in [0, 0.1) is 6.92 Å². The fourth-order valence-electron chi connectivity index (χ4n) is 1.65. The molecule has 0 radical (unpaired) electrons. The molecule has 0 unspecified atom stereocenters. The minimum absolute atomic E-state index is 0.109. The molecule has 3 N–H and O–H groups in total. The summed E-state index contributed by atoms with van der Waals surface area (Å²) in [5, 5.41) is 2.77. The molecule has 0 atom stereocenters. The summed E-state index contributed by atoms with van der Waals surface area (Å²) in [6, 6.07) is 8.87. The van der Waals surface area contributed by atoms with Crippen molar-refractivity contribution in [1.82, 2.24) is 4.57 Å². The van der Waals surface area contributed by atoms with Gasteiger partial charge in [-0.05, 0) is 19.1 Å². The first-order chi connectivity index (χ1) is 9.04. The molecule has 0 spiro atoms. The summed E-state index contributed by atoms with van der Waals surface area (Å²) >= 11 is 0. The number of amides is 1. The Balaban J connectivity index is 2.03. The normalized spacial score (nSPS) is 10.2. The second-order valence-electron chi connectivity index (χ2n) is 4.35. The van der Waals surface area contributed by atoms with E-state index in [1.165, 1.54) is 18.5 Å². The van der Waals surface area contributed by atoms with Crippen LogP contribution in [-0.4, -0.2) is 10.5 Å². The Morgan fingerprint density at radius 3 is 2.58 bits per heavy atom. The average molecular weight is 257 g/mol. The van der Waals surface area contributed by atoms with Crippen molar-refractivity contribution in [3.05, 3.63) is 58.5 Å². The van der Waals surface area contributed by atoms with E-state index in [9.17, 15) is 9.59 Å². The molecule has 1 aromatic heterocycles. The first-order valence-electron chi connectivity index (χ1n) is 5.87. The number of hydrogen-bond donors (Lipinski definition) is 2. The van der Waals surface area contributed by atoms with E-state index in [-0.39, 0.29) is 23.6 Å². The first-order valence-corrected chi connectivity index (χ1v) is 5.87. The van der Waals surface area contributed by atoms with Gasteiger partial charge in [0.25, 0.3) is 0 Å². The number of rotatable bonds is 3. The fraction of sp³-hybridized carbons (Fsp3) is 0.143. The molecule has 0 fully saturated rings. The summed E-state index contributed by atoms with van der Waals surface area (Å²) in [6.45, 7) is 2.09. The Morgan fingerprint density at radius 1 is 1.26 bits per heavy atom. The van der Waals surface area contributed by atoms with E-state index in [1.54, 1.807) is 4.57 Å². The number of anilines is 2. The lowest BCUT2D eigenvalue weighted by molar-refractivity contribution is -0.116. The molecule has 0 aliphatic rings. The molecule has 1 amide bonds. The van der Waals surface area contributed by atoms with Crippen molar-refractivity contribution in [2.24, 2.45) is 0 Å². The van der Waals surface area contributed by atoms with Gasteiger partial charge in [0, 0.05) is 24.1 Å². The highest BCUT2D eigenvalue weighted by Crippen LogP contribution is 2.08. The number of aryl methyl sites for hydroxylation is 1. The number of benzene rings is 1. The summed E-state index contributed by atoms with van der Waals surface area (Å²) in [5.74, 6) is -0.174. The smallest absolute Gasteiger partial charge is 0.244 e. The third-order valence-corrected chi connectivity index (χ3v) is 2.67. The number of carbonyl (C=O) groups is 1. The minimum atomic E-state index is -0.241. The standard InChI is InChI=1S/C14H15N3O2/c1-10-2-4-11(5-3-10)16-14(19)9-17-7-6-13(18)12(15)8-17/h2-8H,9,15H2,1H3,(H,16,19). The number of nitrogens with zero attached hydrogens (tertiary/aromatic N) is 1. The lowest BCUT2D eigenvalue weighted by atomic mass is 10.2. The van der Waals surface area contributed by atoms with Gasteiger partial charge in [-0.1, -0.05) is 17.7 Å². The van der Waals surface area contributed by atoms with Gasteiger partial charge in [-0.3, -0.25) is 9.59 Å². The second-order valence-corrected chi connectivity index (χ2v) is 4.35. The van der Waals surface area contributed by atoms with E-state index in [2.05, 4.69) is 5.32 Å². The largest absolute Gasteiger partial charge is 0.394 e. The molecule has 1 heterocycles. The molecule has 1 aromatic carbocycles. The van der Waals surface area contributed by atoms with Crippen molar-refractivity contribution < 1.29 is 4.79 Å². The molecule has 19 heavy (non-hydrogen) atoms. The Hall–Kier alpha value is -2.56. The van der Waals surface area contributed by atoms with Crippen LogP contribution in [0.1, 0.15) is 5.56 Å². The van der Waals surface area contributed by atoms with Crippen LogP contribution >= 0.6 is 0 Å². The van der Waals surface area contributed by atoms with Gasteiger partial charge in [-0.2, -0.15) is 0 Å². The molecular formula is C14H15N3O2. The van der Waals surface area contributed by atoms with Crippen molar-refractivity contribution in [2.45, 2.75) is 13.5 Å². The Kier molecular flexibility index (Phi) is 3.66. The SMILES string of the molecule is Cc1ccc(NC(=O)Cn2ccc(=O)c(N)c2)cc1. The zero-order chi connectivity index (χ0) is 13.8. The number of nitrogens with one attached hydrogen (secondary N) is 1. The fourth-order valence-corrected chi connectivity index (χ4v) is 1.65. The quantitative estimate of drug-likeness (QED) is 0.872. The van der Waals surface area contributed by atoms with E-state index in [0.717, 1.165) is 11.3 Å². The predicted octanol–water partition coefficient (Wildman–Crippen LogP) is 1.38. The topological polar surface area (TPSA) is 77.1 Å². The highest BCUT2D eigenvalue weighted by Gasteiger charge is 2.03. The highest BCUT2D eigenvalue weighted by atomic mass is 16.2. The molecule has 0 aliphatic heterocycles.